The number of nitro groups is 1. The normalized spacial score (nSPS) is 21.3. The third-order valence-corrected chi connectivity index (χ3v) is 4.66. The monoisotopic (exact) mass is 330 g/mol. The van der Waals surface area contributed by atoms with Gasteiger partial charge in [0.2, 0.25) is 0 Å². The maximum Gasteiger partial charge on any atom is 0.327 e. The highest BCUT2D eigenvalue weighted by atomic mass is 35.5. The highest BCUT2D eigenvalue weighted by molar-refractivity contribution is 8.00. The van der Waals surface area contributed by atoms with Crippen LogP contribution in [0.3, 0.4) is 0 Å². The van der Waals surface area contributed by atoms with Crippen LogP contribution in [0.5, 0.6) is 0 Å². The number of aliphatic carboxylic acids is 1. The van der Waals surface area contributed by atoms with Crippen molar-refractivity contribution < 1.29 is 19.6 Å². The van der Waals surface area contributed by atoms with Gasteiger partial charge in [0.05, 0.1) is 10.3 Å². The number of carboxylic acids is 1. The van der Waals surface area contributed by atoms with Gasteiger partial charge in [0.1, 0.15) is 16.6 Å². The summed E-state index contributed by atoms with van der Waals surface area (Å²) < 4.78 is 0. The maximum absolute atomic E-state index is 12.5. The lowest BCUT2D eigenvalue weighted by atomic mass is 10.1. The summed E-state index contributed by atoms with van der Waals surface area (Å²) in [7, 11) is 0. The smallest absolute Gasteiger partial charge is 0.327 e. The van der Waals surface area contributed by atoms with Crippen LogP contribution in [0.25, 0.3) is 0 Å². The molecule has 0 radical (unpaired) electrons. The third-order valence-electron chi connectivity index (χ3n) is 3.14. The first-order chi connectivity index (χ1) is 9.84. The zero-order valence-corrected chi connectivity index (χ0v) is 12.4. The fourth-order valence-corrected chi connectivity index (χ4v) is 3.56. The summed E-state index contributed by atoms with van der Waals surface area (Å²) in [6, 6.07) is 3.01. The number of nitrogens with zero attached hydrogens (tertiary/aromatic N) is 2. The fourth-order valence-electron chi connectivity index (χ4n) is 2.15. The van der Waals surface area contributed by atoms with Gasteiger partial charge in [-0.05, 0) is 19.1 Å². The van der Waals surface area contributed by atoms with Crippen LogP contribution in [0.2, 0.25) is 5.02 Å². The predicted molar refractivity (Wildman–Crippen MR) is 77.6 cm³/mol. The Balaban J connectivity index is 2.47. The predicted octanol–water partition coefficient (Wildman–Crippen LogP) is 2.24. The van der Waals surface area contributed by atoms with Gasteiger partial charge < -0.3 is 10.0 Å². The molecule has 1 aliphatic rings. The fraction of sp³-hybridized carbons (Fsp3) is 0.333. The van der Waals surface area contributed by atoms with Crippen molar-refractivity contribution in [1.29, 1.82) is 0 Å². The van der Waals surface area contributed by atoms with E-state index in [0.717, 1.165) is 4.90 Å². The van der Waals surface area contributed by atoms with Crippen LogP contribution in [0, 0.1) is 10.1 Å². The SMILES string of the molecule is CC1SCC(C(=O)O)N1C(=O)c1cccc(Cl)c1[N+](=O)[O-]. The van der Waals surface area contributed by atoms with Gasteiger partial charge in [0, 0.05) is 5.75 Å². The Kier molecular flexibility index (Phi) is 4.38. The van der Waals surface area contributed by atoms with E-state index in [1.165, 1.54) is 30.0 Å². The van der Waals surface area contributed by atoms with Gasteiger partial charge in [0.25, 0.3) is 5.91 Å². The second-order valence-electron chi connectivity index (χ2n) is 4.39. The van der Waals surface area contributed by atoms with Gasteiger partial charge in [-0.1, -0.05) is 17.7 Å². The Morgan fingerprint density at radius 1 is 1.52 bits per heavy atom. The number of rotatable bonds is 3. The molecule has 2 atom stereocenters. The van der Waals surface area contributed by atoms with E-state index >= 15 is 0 Å². The number of hydrogen-bond acceptors (Lipinski definition) is 5. The molecule has 0 bridgehead atoms. The summed E-state index contributed by atoms with van der Waals surface area (Å²) in [4.78, 5) is 35.2. The van der Waals surface area contributed by atoms with Crippen molar-refractivity contribution in [3.8, 4) is 0 Å². The number of para-hydroxylation sites is 1. The molecule has 0 saturated carbocycles. The Labute approximate surface area is 129 Å². The Morgan fingerprint density at radius 3 is 2.76 bits per heavy atom. The van der Waals surface area contributed by atoms with E-state index in [0.29, 0.717) is 0 Å². The summed E-state index contributed by atoms with van der Waals surface area (Å²) in [5, 5.41) is 19.7. The molecular weight excluding hydrogens is 320 g/mol. The molecule has 0 spiro atoms. The zero-order valence-electron chi connectivity index (χ0n) is 10.9. The maximum atomic E-state index is 12.5. The van der Waals surface area contributed by atoms with Gasteiger partial charge in [-0.25, -0.2) is 4.79 Å². The van der Waals surface area contributed by atoms with Crippen LogP contribution >= 0.6 is 23.4 Å². The molecule has 1 heterocycles. The molecule has 2 rings (SSSR count). The minimum atomic E-state index is -1.13. The minimum Gasteiger partial charge on any atom is -0.480 e. The molecular formula is C12H11ClN2O5S. The lowest BCUT2D eigenvalue weighted by Gasteiger charge is -2.24. The van der Waals surface area contributed by atoms with Crippen LogP contribution in [0.1, 0.15) is 17.3 Å². The van der Waals surface area contributed by atoms with E-state index in [-0.39, 0.29) is 21.7 Å². The van der Waals surface area contributed by atoms with Gasteiger partial charge in [0.15, 0.2) is 0 Å². The molecule has 21 heavy (non-hydrogen) atoms. The molecule has 1 aliphatic heterocycles. The average Bonchev–Trinajstić information content (AvgIpc) is 2.79. The summed E-state index contributed by atoms with van der Waals surface area (Å²) in [6.45, 7) is 1.68. The number of halogens is 1. The first kappa shape index (κ1) is 15.6. The first-order valence-electron chi connectivity index (χ1n) is 5.94. The molecule has 9 heteroatoms. The largest absolute Gasteiger partial charge is 0.480 e. The van der Waals surface area contributed by atoms with Crippen LogP contribution in [0.15, 0.2) is 18.2 Å². The van der Waals surface area contributed by atoms with Crippen LogP contribution in [-0.2, 0) is 4.79 Å². The van der Waals surface area contributed by atoms with Crippen molar-refractivity contribution in [3.63, 3.8) is 0 Å². The Morgan fingerprint density at radius 2 is 2.19 bits per heavy atom. The van der Waals surface area contributed by atoms with E-state index in [1.54, 1.807) is 6.92 Å². The highest BCUT2D eigenvalue weighted by Gasteiger charge is 2.41. The Hall–Kier alpha value is -1.80. The van der Waals surface area contributed by atoms with E-state index in [9.17, 15) is 19.7 Å². The van der Waals surface area contributed by atoms with Gasteiger partial charge >= 0.3 is 11.7 Å². The number of carboxylic acid groups (broad SMARTS) is 1. The topological polar surface area (TPSA) is 101 Å². The molecule has 1 N–H and O–H groups in total. The zero-order chi connectivity index (χ0) is 15.7. The van der Waals surface area contributed by atoms with Gasteiger partial charge in [-0.15, -0.1) is 11.8 Å². The lowest BCUT2D eigenvalue weighted by Crippen LogP contribution is -2.44. The molecule has 112 valence electrons. The van der Waals surface area contributed by atoms with Crippen molar-refractivity contribution in [2.45, 2.75) is 18.3 Å². The van der Waals surface area contributed by atoms with E-state index in [2.05, 4.69) is 0 Å². The number of amides is 1. The van der Waals surface area contributed by atoms with E-state index < -0.39 is 28.5 Å². The molecule has 1 aromatic rings. The average molecular weight is 331 g/mol. The molecule has 1 amide bonds. The summed E-state index contributed by atoms with van der Waals surface area (Å²) in [5.74, 6) is -1.59. The van der Waals surface area contributed by atoms with Crippen molar-refractivity contribution in [1.82, 2.24) is 4.90 Å². The molecule has 1 saturated heterocycles. The van der Waals surface area contributed by atoms with E-state index in [1.807, 2.05) is 0 Å². The van der Waals surface area contributed by atoms with E-state index in [4.69, 9.17) is 16.7 Å². The molecule has 0 aromatic heterocycles. The third kappa shape index (κ3) is 2.81. The number of hydrogen-bond donors (Lipinski definition) is 1. The molecule has 2 unspecified atom stereocenters. The second kappa shape index (κ2) is 5.90. The van der Waals surface area contributed by atoms with Crippen molar-refractivity contribution >= 4 is 40.9 Å². The molecule has 1 fully saturated rings. The molecule has 0 aliphatic carbocycles. The van der Waals surface area contributed by atoms with Gasteiger partial charge in [-0.2, -0.15) is 0 Å². The number of carbonyl (C=O) groups excluding carboxylic acids is 1. The number of thioether (sulfide) groups is 1. The van der Waals surface area contributed by atoms with Crippen molar-refractivity contribution in [2.75, 3.05) is 5.75 Å². The second-order valence-corrected chi connectivity index (χ2v) is 6.15. The summed E-state index contributed by atoms with van der Waals surface area (Å²) >= 11 is 7.08. The highest BCUT2D eigenvalue weighted by Crippen LogP contribution is 2.34. The molecule has 1 aromatic carbocycles. The van der Waals surface area contributed by atoms with Crippen LogP contribution < -0.4 is 0 Å². The standard InChI is InChI=1S/C12H11ClN2O5S/c1-6-14(9(5-21-6)12(17)18)11(16)7-3-2-4-8(13)10(7)15(19)20/h2-4,6,9H,5H2,1H3,(H,17,18). The first-order valence-corrected chi connectivity index (χ1v) is 7.37. The molecule has 7 nitrogen and oxygen atoms in total. The quantitative estimate of drug-likeness (QED) is 0.673. The minimum absolute atomic E-state index is 0.155. The number of carbonyl (C=O) groups is 2. The summed E-state index contributed by atoms with van der Waals surface area (Å²) in [5.41, 5.74) is -0.703. The Bertz CT molecular complexity index is 624. The number of nitro benzene ring substituents is 1. The summed E-state index contributed by atoms with van der Waals surface area (Å²) in [6.07, 6.45) is 0. The van der Waals surface area contributed by atoms with Gasteiger partial charge in [-0.3, -0.25) is 14.9 Å². The van der Waals surface area contributed by atoms with Crippen LogP contribution in [0.4, 0.5) is 5.69 Å². The number of benzene rings is 1. The van der Waals surface area contributed by atoms with Crippen molar-refractivity contribution in [2.24, 2.45) is 0 Å². The lowest BCUT2D eigenvalue weighted by molar-refractivity contribution is -0.385. The van der Waals surface area contributed by atoms with Crippen molar-refractivity contribution in [3.05, 3.63) is 38.9 Å². The van der Waals surface area contributed by atoms with Crippen LogP contribution in [-0.4, -0.2) is 44.0 Å².